The van der Waals surface area contributed by atoms with Crippen molar-refractivity contribution in [1.29, 1.82) is 0 Å². The summed E-state index contributed by atoms with van der Waals surface area (Å²) in [6.07, 6.45) is 18.0. The fourth-order valence-electron chi connectivity index (χ4n) is 7.14. The van der Waals surface area contributed by atoms with E-state index in [-0.39, 0.29) is 24.8 Å². The number of hydrogen-bond donors (Lipinski definition) is 0. The first-order valence-electron chi connectivity index (χ1n) is 13.9. The molecule has 2 rings (SSSR count). The first kappa shape index (κ1) is 35.4. The second kappa shape index (κ2) is 13.5. The van der Waals surface area contributed by atoms with E-state index >= 15 is 0 Å². The van der Waals surface area contributed by atoms with E-state index in [2.05, 4.69) is 107 Å². The maximum atomic E-state index is 2.63. The third-order valence-corrected chi connectivity index (χ3v) is 14.7. The Bertz CT molecular complexity index is 753. The number of halogens is 2. The predicted molar refractivity (Wildman–Crippen MR) is 145 cm³/mol. The van der Waals surface area contributed by atoms with Gasteiger partial charge in [0.2, 0.25) is 0 Å². The average molecular weight is 601 g/mol. The summed E-state index contributed by atoms with van der Waals surface area (Å²) in [6, 6.07) is 0. The van der Waals surface area contributed by atoms with Crippen molar-refractivity contribution < 1.29 is 48.0 Å². The molecular formula is C32H54Cl2Zr. The monoisotopic (exact) mass is 598 g/mol. The van der Waals surface area contributed by atoms with Crippen LogP contribution in [-0.2, 0) is 23.2 Å². The molecule has 0 amide bonds. The van der Waals surface area contributed by atoms with E-state index in [1.54, 1.807) is 22.3 Å². The molecule has 200 valence electrons. The van der Waals surface area contributed by atoms with Gasteiger partial charge in [-0.05, 0) is 0 Å². The molecule has 2 aliphatic rings. The van der Waals surface area contributed by atoms with Crippen molar-refractivity contribution >= 4 is 0 Å². The smallest absolute Gasteiger partial charge is 1.00 e. The van der Waals surface area contributed by atoms with Gasteiger partial charge in [0.1, 0.15) is 0 Å². The molecule has 0 fully saturated rings. The standard InChI is InChI=1S/2C16H27.2ClH.Zr/c2*1-7-16(8-2,11-12(3)4)15-10-9-13(5)14(15)6;;;/h2*9-10,12H,7-8,11H2,1-6H3;2*1H;/q;;;;+2/p-2. The zero-order valence-corrected chi connectivity index (χ0v) is 28.9. The fraction of sp³-hybridized carbons (Fsp3) is 0.750. The van der Waals surface area contributed by atoms with Crippen molar-refractivity contribution in [2.24, 2.45) is 22.7 Å². The van der Waals surface area contributed by atoms with Crippen molar-refractivity contribution in [1.82, 2.24) is 0 Å². The van der Waals surface area contributed by atoms with E-state index in [1.807, 2.05) is 0 Å². The summed E-state index contributed by atoms with van der Waals surface area (Å²) >= 11 is -0.847. The van der Waals surface area contributed by atoms with Crippen LogP contribution in [0.25, 0.3) is 0 Å². The maximum absolute atomic E-state index is 2.63. The summed E-state index contributed by atoms with van der Waals surface area (Å²) in [4.78, 5) is 0. The minimum atomic E-state index is -0.847. The van der Waals surface area contributed by atoms with Crippen LogP contribution in [0.1, 0.15) is 122 Å². The molecular weight excluding hydrogens is 546 g/mol. The Balaban J connectivity index is 0.00000578. The third-order valence-electron chi connectivity index (χ3n) is 9.50. The van der Waals surface area contributed by atoms with Gasteiger partial charge in [-0.25, -0.2) is 0 Å². The summed E-state index contributed by atoms with van der Waals surface area (Å²) in [5, 5.41) is 0. The van der Waals surface area contributed by atoms with Crippen LogP contribution in [0, 0.1) is 22.7 Å². The molecule has 0 heterocycles. The predicted octanol–water partition coefficient (Wildman–Crippen LogP) is 4.91. The van der Waals surface area contributed by atoms with Gasteiger partial charge in [-0.3, -0.25) is 0 Å². The van der Waals surface area contributed by atoms with Gasteiger partial charge in [0.25, 0.3) is 0 Å². The summed E-state index contributed by atoms with van der Waals surface area (Å²) < 4.78 is 0.612. The number of allylic oxidation sites excluding steroid dienone is 8. The zero-order valence-electron chi connectivity index (χ0n) is 25.0. The van der Waals surface area contributed by atoms with Crippen molar-refractivity contribution in [3.05, 3.63) is 46.6 Å². The molecule has 0 saturated carbocycles. The molecule has 0 nitrogen and oxygen atoms in total. The van der Waals surface area contributed by atoms with Crippen LogP contribution < -0.4 is 24.8 Å². The van der Waals surface area contributed by atoms with Crippen LogP contribution in [0.5, 0.6) is 0 Å². The second-order valence-corrected chi connectivity index (χ2v) is 18.2. The molecule has 0 saturated heterocycles. The molecule has 0 spiro atoms. The molecule has 2 aliphatic carbocycles. The van der Waals surface area contributed by atoms with Gasteiger partial charge >= 0.3 is 220 Å². The molecule has 2 atom stereocenters. The van der Waals surface area contributed by atoms with Crippen LogP contribution in [0.3, 0.4) is 0 Å². The molecule has 0 aromatic heterocycles. The van der Waals surface area contributed by atoms with Gasteiger partial charge in [0.15, 0.2) is 0 Å². The van der Waals surface area contributed by atoms with Crippen molar-refractivity contribution in [3.63, 3.8) is 0 Å². The third kappa shape index (κ3) is 6.90. The molecule has 3 heteroatoms. The van der Waals surface area contributed by atoms with Gasteiger partial charge in [0.05, 0.1) is 0 Å². The van der Waals surface area contributed by atoms with Crippen molar-refractivity contribution in [3.8, 4) is 0 Å². The summed E-state index contributed by atoms with van der Waals surface area (Å²) in [7, 11) is 0. The van der Waals surface area contributed by atoms with Crippen molar-refractivity contribution in [2.45, 2.75) is 128 Å². The first-order valence-corrected chi connectivity index (χ1v) is 16.4. The Hall–Kier alpha value is 0.423. The van der Waals surface area contributed by atoms with Gasteiger partial charge in [-0.1, -0.05) is 0 Å². The minimum Gasteiger partial charge on any atom is -1.00 e. The zero-order chi connectivity index (χ0) is 25.2. The van der Waals surface area contributed by atoms with Crippen molar-refractivity contribution in [2.75, 3.05) is 0 Å². The number of hydrogen-bond acceptors (Lipinski definition) is 0. The van der Waals surface area contributed by atoms with Crippen LogP contribution >= 0.6 is 0 Å². The van der Waals surface area contributed by atoms with Gasteiger partial charge in [-0.15, -0.1) is 0 Å². The Labute approximate surface area is 243 Å². The van der Waals surface area contributed by atoms with Crippen LogP contribution in [0.4, 0.5) is 0 Å². The molecule has 0 aromatic carbocycles. The molecule has 0 N–H and O–H groups in total. The van der Waals surface area contributed by atoms with E-state index in [4.69, 9.17) is 0 Å². The Morgan fingerprint density at radius 2 is 0.943 bits per heavy atom. The topological polar surface area (TPSA) is 0 Å². The quantitative estimate of drug-likeness (QED) is 0.299. The first-order chi connectivity index (χ1) is 15.3. The van der Waals surface area contributed by atoms with Crippen LogP contribution in [-0.4, -0.2) is 0 Å². The molecule has 35 heavy (non-hydrogen) atoms. The van der Waals surface area contributed by atoms with E-state index in [9.17, 15) is 0 Å². The fourth-order valence-corrected chi connectivity index (χ4v) is 12.2. The minimum absolute atomic E-state index is 0. The van der Waals surface area contributed by atoms with Gasteiger partial charge < -0.3 is 24.8 Å². The van der Waals surface area contributed by atoms with Crippen LogP contribution in [0.15, 0.2) is 46.6 Å². The van der Waals surface area contributed by atoms with E-state index in [1.165, 1.54) is 38.5 Å². The SMILES string of the molecule is CCC(CC)(CC(C)C)C1=C(C)[C](C)([Zr+2][C]2(C)C=CC(C(CC)(CC)CC(C)C)=C2C)C=C1.[Cl-].[Cl-]. The summed E-state index contributed by atoms with van der Waals surface area (Å²) in [5.74, 6) is 1.48. The molecule has 0 aliphatic heterocycles. The van der Waals surface area contributed by atoms with E-state index < -0.39 is 23.2 Å². The van der Waals surface area contributed by atoms with E-state index in [0.29, 0.717) is 17.1 Å². The van der Waals surface area contributed by atoms with Gasteiger partial charge in [0, 0.05) is 0 Å². The van der Waals surface area contributed by atoms with E-state index in [0.717, 1.165) is 11.8 Å². The van der Waals surface area contributed by atoms with Gasteiger partial charge in [-0.2, -0.15) is 0 Å². The summed E-state index contributed by atoms with van der Waals surface area (Å²) in [6.45, 7) is 29.4. The maximum Gasteiger partial charge on any atom is -1.00 e. The molecule has 0 bridgehead atoms. The Morgan fingerprint density at radius 1 is 0.657 bits per heavy atom. The normalized spacial score (nSPS) is 24.4. The molecule has 0 aromatic rings. The Morgan fingerprint density at radius 3 is 1.17 bits per heavy atom. The summed E-state index contributed by atoms with van der Waals surface area (Å²) in [5.41, 5.74) is 7.49. The molecule has 2 unspecified atom stereocenters. The molecule has 0 radical (unpaired) electrons. The number of rotatable bonds is 12. The largest absolute Gasteiger partial charge is 1.00 e. The Kier molecular flexibility index (Phi) is 13.6. The second-order valence-electron chi connectivity index (χ2n) is 12.4. The van der Waals surface area contributed by atoms with Crippen LogP contribution in [0.2, 0.25) is 6.25 Å². The average Bonchev–Trinajstić information content (AvgIpc) is 3.20.